The SMILES string of the molecule is CC=Cc1ccc(C(F)(F)F)nc1. The lowest BCUT2D eigenvalue weighted by atomic mass is 10.2. The largest absolute Gasteiger partial charge is 0.433 e. The highest BCUT2D eigenvalue weighted by Crippen LogP contribution is 2.27. The van der Waals surface area contributed by atoms with Crippen molar-refractivity contribution < 1.29 is 13.2 Å². The number of hydrogen-bond acceptors (Lipinski definition) is 1. The maximum atomic E-state index is 12.0. The number of hydrogen-bond donors (Lipinski definition) is 0. The monoisotopic (exact) mass is 187 g/mol. The third-order valence-electron chi connectivity index (χ3n) is 1.44. The molecule has 0 saturated carbocycles. The Morgan fingerprint density at radius 1 is 1.31 bits per heavy atom. The van der Waals surface area contributed by atoms with Gasteiger partial charge in [0.1, 0.15) is 5.69 Å². The molecule has 1 aromatic rings. The lowest BCUT2D eigenvalue weighted by molar-refractivity contribution is -0.141. The average Bonchev–Trinajstić information content (AvgIpc) is 2.04. The van der Waals surface area contributed by atoms with Gasteiger partial charge in [0, 0.05) is 6.20 Å². The Kier molecular flexibility index (Phi) is 2.70. The van der Waals surface area contributed by atoms with Crippen LogP contribution in [0, 0.1) is 0 Å². The molecular formula is C9H8F3N. The van der Waals surface area contributed by atoms with Crippen molar-refractivity contribution in [3.8, 4) is 0 Å². The molecule has 0 aliphatic carbocycles. The van der Waals surface area contributed by atoms with Crippen LogP contribution in [0.25, 0.3) is 6.08 Å². The van der Waals surface area contributed by atoms with Crippen LogP contribution in [0.4, 0.5) is 13.2 Å². The molecule has 4 heteroatoms. The van der Waals surface area contributed by atoms with Crippen LogP contribution < -0.4 is 0 Å². The zero-order valence-electron chi connectivity index (χ0n) is 6.97. The van der Waals surface area contributed by atoms with Gasteiger partial charge in [-0.1, -0.05) is 18.2 Å². The van der Waals surface area contributed by atoms with Crippen LogP contribution in [0.3, 0.4) is 0 Å². The number of halogens is 3. The van der Waals surface area contributed by atoms with E-state index in [1.807, 2.05) is 0 Å². The summed E-state index contributed by atoms with van der Waals surface area (Å²) >= 11 is 0. The van der Waals surface area contributed by atoms with Crippen molar-refractivity contribution in [1.29, 1.82) is 0 Å². The molecule has 0 spiro atoms. The second-order valence-corrected chi connectivity index (χ2v) is 2.47. The Hall–Kier alpha value is -1.32. The molecule has 1 rings (SSSR count). The Morgan fingerprint density at radius 2 is 2.00 bits per heavy atom. The average molecular weight is 187 g/mol. The lowest BCUT2D eigenvalue weighted by Crippen LogP contribution is -2.07. The van der Waals surface area contributed by atoms with Gasteiger partial charge in [0.25, 0.3) is 0 Å². The molecule has 0 amide bonds. The predicted octanol–water partition coefficient (Wildman–Crippen LogP) is 3.13. The molecule has 0 aliphatic heterocycles. The first-order valence-corrected chi connectivity index (χ1v) is 3.70. The van der Waals surface area contributed by atoms with E-state index in [2.05, 4.69) is 4.98 Å². The molecule has 0 unspecified atom stereocenters. The molecule has 1 heterocycles. The van der Waals surface area contributed by atoms with Gasteiger partial charge in [-0.05, 0) is 18.6 Å². The minimum absolute atomic E-state index is 0.663. The van der Waals surface area contributed by atoms with Crippen LogP contribution >= 0.6 is 0 Å². The van der Waals surface area contributed by atoms with Gasteiger partial charge in [-0.25, -0.2) is 0 Å². The summed E-state index contributed by atoms with van der Waals surface area (Å²) in [5.74, 6) is 0. The molecule has 0 N–H and O–H groups in total. The number of aromatic nitrogens is 1. The summed E-state index contributed by atoms with van der Waals surface area (Å²) < 4.78 is 36.1. The van der Waals surface area contributed by atoms with Crippen molar-refractivity contribution in [3.05, 3.63) is 35.7 Å². The molecule has 70 valence electrons. The van der Waals surface area contributed by atoms with E-state index in [4.69, 9.17) is 0 Å². The zero-order chi connectivity index (χ0) is 9.90. The first-order chi connectivity index (χ1) is 6.04. The molecule has 0 saturated heterocycles. The number of allylic oxidation sites excluding steroid dienone is 1. The molecule has 0 aliphatic rings. The molecule has 1 aromatic heterocycles. The van der Waals surface area contributed by atoms with Crippen molar-refractivity contribution in [1.82, 2.24) is 4.98 Å². The molecule has 0 atom stereocenters. The van der Waals surface area contributed by atoms with E-state index in [1.165, 1.54) is 12.3 Å². The van der Waals surface area contributed by atoms with Gasteiger partial charge in [0.2, 0.25) is 0 Å². The van der Waals surface area contributed by atoms with E-state index < -0.39 is 11.9 Å². The van der Waals surface area contributed by atoms with Crippen LogP contribution in [0.15, 0.2) is 24.4 Å². The van der Waals surface area contributed by atoms with Crippen molar-refractivity contribution in [2.45, 2.75) is 13.1 Å². The zero-order valence-corrected chi connectivity index (χ0v) is 6.97. The minimum atomic E-state index is -4.35. The summed E-state index contributed by atoms with van der Waals surface area (Å²) in [4.78, 5) is 3.29. The summed E-state index contributed by atoms with van der Waals surface area (Å²) in [6.45, 7) is 1.79. The second-order valence-electron chi connectivity index (χ2n) is 2.47. The van der Waals surface area contributed by atoms with Gasteiger partial charge in [-0.15, -0.1) is 0 Å². The van der Waals surface area contributed by atoms with Crippen LogP contribution in [-0.2, 0) is 6.18 Å². The lowest BCUT2D eigenvalue weighted by Gasteiger charge is -2.04. The summed E-state index contributed by atoms with van der Waals surface area (Å²) in [6, 6.07) is 2.35. The van der Waals surface area contributed by atoms with E-state index in [0.717, 1.165) is 6.07 Å². The highest BCUT2D eigenvalue weighted by Gasteiger charge is 2.31. The van der Waals surface area contributed by atoms with Crippen LogP contribution in [-0.4, -0.2) is 4.98 Å². The fourth-order valence-electron chi connectivity index (χ4n) is 0.864. The summed E-state index contributed by atoms with van der Waals surface area (Å²) in [5.41, 5.74) is -0.198. The van der Waals surface area contributed by atoms with Crippen molar-refractivity contribution in [2.24, 2.45) is 0 Å². The van der Waals surface area contributed by atoms with Gasteiger partial charge in [-0.2, -0.15) is 13.2 Å². The van der Waals surface area contributed by atoms with Gasteiger partial charge < -0.3 is 0 Å². The van der Waals surface area contributed by atoms with Crippen molar-refractivity contribution >= 4 is 6.08 Å². The van der Waals surface area contributed by atoms with E-state index in [-0.39, 0.29) is 0 Å². The first-order valence-electron chi connectivity index (χ1n) is 3.70. The minimum Gasteiger partial charge on any atom is -0.251 e. The van der Waals surface area contributed by atoms with Gasteiger partial charge in [-0.3, -0.25) is 4.98 Å². The maximum absolute atomic E-state index is 12.0. The third-order valence-corrected chi connectivity index (χ3v) is 1.44. The summed E-state index contributed by atoms with van der Waals surface area (Å²) in [7, 11) is 0. The Bertz CT molecular complexity index is 298. The molecule has 0 radical (unpaired) electrons. The fourth-order valence-corrected chi connectivity index (χ4v) is 0.864. The Labute approximate surface area is 73.9 Å². The van der Waals surface area contributed by atoms with Crippen molar-refractivity contribution in [3.63, 3.8) is 0 Å². The van der Waals surface area contributed by atoms with E-state index in [9.17, 15) is 13.2 Å². The van der Waals surface area contributed by atoms with Crippen LogP contribution in [0.1, 0.15) is 18.2 Å². The van der Waals surface area contributed by atoms with Gasteiger partial charge >= 0.3 is 6.18 Å². The van der Waals surface area contributed by atoms with Crippen molar-refractivity contribution in [2.75, 3.05) is 0 Å². The van der Waals surface area contributed by atoms with Crippen LogP contribution in [0.2, 0.25) is 0 Å². The highest BCUT2D eigenvalue weighted by atomic mass is 19.4. The standard InChI is InChI=1S/C9H8F3N/c1-2-3-7-4-5-8(13-6-7)9(10,11)12/h2-6H,1H3. The number of pyridine rings is 1. The molecular weight excluding hydrogens is 179 g/mol. The fraction of sp³-hybridized carbons (Fsp3) is 0.222. The third kappa shape index (κ3) is 2.57. The molecule has 1 nitrogen and oxygen atoms in total. The predicted molar refractivity (Wildman–Crippen MR) is 43.9 cm³/mol. The van der Waals surface area contributed by atoms with E-state index >= 15 is 0 Å². The molecule has 0 bridgehead atoms. The van der Waals surface area contributed by atoms with Crippen LogP contribution in [0.5, 0.6) is 0 Å². The first kappa shape index (κ1) is 9.77. The quantitative estimate of drug-likeness (QED) is 0.658. The van der Waals surface area contributed by atoms with E-state index in [1.54, 1.807) is 19.1 Å². The summed E-state index contributed by atoms with van der Waals surface area (Å²) in [6.07, 6.45) is 0.273. The number of rotatable bonds is 1. The van der Waals surface area contributed by atoms with Gasteiger partial charge in [0.05, 0.1) is 0 Å². The smallest absolute Gasteiger partial charge is 0.251 e. The Morgan fingerprint density at radius 3 is 2.38 bits per heavy atom. The summed E-state index contributed by atoms with van der Waals surface area (Å²) in [5, 5.41) is 0. The maximum Gasteiger partial charge on any atom is 0.433 e. The topological polar surface area (TPSA) is 12.9 Å². The number of nitrogens with zero attached hydrogens (tertiary/aromatic N) is 1. The molecule has 13 heavy (non-hydrogen) atoms. The molecule has 0 aromatic carbocycles. The second kappa shape index (κ2) is 3.60. The Balaban J connectivity index is 2.94. The normalized spacial score (nSPS) is 12.3. The number of alkyl halides is 3. The highest BCUT2D eigenvalue weighted by molar-refractivity contribution is 5.47. The van der Waals surface area contributed by atoms with Gasteiger partial charge in [0.15, 0.2) is 0 Å². The molecule has 0 fully saturated rings. The van der Waals surface area contributed by atoms with E-state index in [0.29, 0.717) is 5.56 Å².